The number of benzene rings is 1. The monoisotopic (exact) mass is 282 g/mol. The van der Waals surface area contributed by atoms with E-state index in [1.807, 2.05) is 18.2 Å². The van der Waals surface area contributed by atoms with Crippen molar-refractivity contribution in [2.75, 3.05) is 0 Å². The molecule has 3 heteroatoms. The van der Waals surface area contributed by atoms with E-state index in [-0.39, 0.29) is 0 Å². The van der Waals surface area contributed by atoms with Gasteiger partial charge >= 0.3 is 0 Å². The molecular formula is C16H26O2S. The van der Waals surface area contributed by atoms with Crippen molar-refractivity contribution in [2.24, 2.45) is 0 Å². The number of hydrogen-bond donors (Lipinski definition) is 1. The number of hydrogen-bond acceptors (Lipinski definition) is 1. The van der Waals surface area contributed by atoms with Crippen molar-refractivity contribution >= 4 is 11.1 Å². The number of aryl methyl sites for hydroxylation is 1. The van der Waals surface area contributed by atoms with Gasteiger partial charge < -0.3 is 4.55 Å². The molecule has 1 aromatic carbocycles. The fraction of sp³-hybridized carbons (Fsp3) is 0.625. The molecule has 0 aliphatic rings. The van der Waals surface area contributed by atoms with E-state index in [1.54, 1.807) is 6.07 Å². The summed E-state index contributed by atoms with van der Waals surface area (Å²) in [6.07, 6.45) is 11.2. The minimum atomic E-state index is -1.85. The van der Waals surface area contributed by atoms with Crippen LogP contribution in [0.2, 0.25) is 0 Å². The van der Waals surface area contributed by atoms with Crippen LogP contribution in [0.4, 0.5) is 0 Å². The Kier molecular flexibility index (Phi) is 8.76. The van der Waals surface area contributed by atoms with Gasteiger partial charge in [-0.1, -0.05) is 70.1 Å². The Bertz CT molecular complexity index is 377. The largest absolute Gasteiger partial charge is 0.302 e. The van der Waals surface area contributed by atoms with E-state index in [4.69, 9.17) is 0 Å². The minimum absolute atomic E-state index is 0.574. The van der Waals surface area contributed by atoms with Gasteiger partial charge in [0.15, 0.2) is 11.1 Å². The molecule has 1 rings (SSSR count). The zero-order valence-electron chi connectivity index (χ0n) is 11.9. The van der Waals surface area contributed by atoms with E-state index in [0.717, 1.165) is 18.4 Å². The molecule has 19 heavy (non-hydrogen) atoms. The van der Waals surface area contributed by atoms with Crippen molar-refractivity contribution in [1.29, 1.82) is 0 Å². The van der Waals surface area contributed by atoms with Crippen molar-refractivity contribution in [3.05, 3.63) is 29.8 Å². The third-order valence-electron chi connectivity index (χ3n) is 3.46. The molecule has 108 valence electrons. The normalized spacial score (nSPS) is 12.5. The molecular weight excluding hydrogens is 256 g/mol. The molecule has 0 aliphatic heterocycles. The van der Waals surface area contributed by atoms with Crippen molar-refractivity contribution in [3.63, 3.8) is 0 Å². The molecule has 0 heterocycles. The summed E-state index contributed by atoms with van der Waals surface area (Å²) in [4.78, 5) is 0.574. The highest BCUT2D eigenvalue weighted by atomic mass is 32.2. The fourth-order valence-electron chi connectivity index (χ4n) is 2.33. The first-order chi connectivity index (χ1) is 9.25. The maximum Gasteiger partial charge on any atom is 0.186 e. The summed E-state index contributed by atoms with van der Waals surface area (Å²) in [7, 11) is 0. The van der Waals surface area contributed by atoms with Crippen LogP contribution in [0.15, 0.2) is 29.2 Å². The third-order valence-corrected chi connectivity index (χ3v) is 4.23. The minimum Gasteiger partial charge on any atom is -0.302 e. The molecule has 1 aromatic rings. The summed E-state index contributed by atoms with van der Waals surface area (Å²) >= 11 is -1.85. The van der Waals surface area contributed by atoms with E-state index in [2.05, 4.69) is 6.92 Å². The lowest BCUT2D eigenvalue weighted by atomic mass is 10.0. The molecule has 0 aliphatic carbocycles. The van der Waals surface area contributed by atoms with Gasteiger partial charge in [-0.15, -0.1) is 0 Å². The summed E-state index contributed by atoms with van der Waals surface area (Å²) < 4.78 is 20.4. The van der Waals surface area contributed by atoms with Gasteiger partial charge in [-0.05, 0) is 24.5 Å². The molecule has 1 N–H and O–H groups in total. The fourth-order valence-corrected chi connectivity index (χ4v) is 2.92. The lowest BCUT2D eigenvalue weighted by molar-refractivity contribution is 0.560. The second kappa shape index (κ2) is 10.2. The van der Waals surface area contributed by atoms with Gasteiger partial charge in [-0.3, -0.25) is 0 Å². The van der Waals surface area contributed by atoms with Gasteiger partial charge in [-0.25, -0.2) is 4.21 Å². The van der Waals surface area contributed by atoms with Crippen LogP contribution in [-0.2, 0) is 17.5 Å². The summed E-state index contributed by atoms with van der Waals surface area (Å²) in [5.41, 5.74) is 1.02. The maximum absolute atomic E-state index is 11.2. The number of unbranched alkanes of at least 4 members (excludes halogenated alkanes) is 7. The van der Waals surface area contributed by atoms with Gasteiger partial charge in [0.1, 0.15) is 0 Å². The zero-order chi connectivity index (χ0) is 13.9. The molecule has 0 amide bonds. The summed E-state index contributed by atoms with van der Waals surface area (Å²) in [6, 6.07) is 7.47. The van der Waals surface area contributed by atoms with Crippen LogP contribution in [0.5, 0.6) is 0 Å². The van der Waals surface area contributed by atoms with E-state index in [1.165, 1.54) is 44.9 Å². The molecule has 1 atom stereocenters. The topological polar surface area (TPSA) is 37.3 Å². The van der Waals surface area contributed by atoms with Crippen LogP contribution in [0, 0.1) is 0 Å². The average Bonchev–Trinajstić information content (AvgIpc) is 2.42. The van der Waals surface area contributed by atoms with Crippen molar-refractivity contribution < 1.29 is 8.76 Å². The predicted octanol–water partition coefficient (Wildman–Crippen LogP) is 4.95. The lowest BCUT2D eigenvalue weighted by Crippen LogP contribution is -1.96. The first-order valence-corrected chi connectivity index (χ1v) is 8.55. The molecule has 0 aromatic heterocycles. The summed E-state index contributed by atoms with van der Waals surface area (Å²) in [5, 5.41) is 0. The standard InChI is InChI=1S/C16H26O2S/c1-2-3-4-5-6-7-8-9-12-15-13-10-11-14-16(15)19(17)18/h10-11,13-14H,2-9,12H2,1H3,(H,17,18). The maximum atomic E-state index is 11.2. The smallest absolute Gasteiger partial charge is 0.186 e. The molecule has 0 saturated carbocycles. The zero-order valence-corrected chi connectivity index (χ0v) is 12.8. The van der Waals surface area contributed by atoms with E-state index in [0.29, 0.717) is 4.90 Å². The van der Waals surface area contributed by atoms with Crippen LogP contribution in [-0.4, -0.2) is 8.76 Å². The highest BCUT2D eigenvalue weighted by Gasteiger charge is 2.06. The molecule has 1 unspecified atom stereocenters. The summed E-state index contributed by atoms with van der Waals surface area (Å²) in [6.45, 7) is 2.24. The molecule has 0 radical (unpaired) electrons. The first-order valence-electron chi connectivity index (χ1n) is 7.44. The van der Waals surface area contributed by atoms with Gasteiger partial charge in [0.2, 0.25) is 0 Å². The van der Waals surface area contributed by atoms with Crippen LogP contribution < -0.4 is 0 Å². The SMILES string of the molecule is CCCCCCCCCCc1ccccc1S(=O)O. The molecule has 0 fully saturated rings. The molecule has 0 spiro atoms. The van der Waals surface area contributed by atoms with Crippen molar-refractivity contribution in [1.82, 2.24) is 0 Å². The Morgan fingerprint density at radius 1 is 0.947 bits per heavy atom. The molecule has 0 saturated heterocycles. The van der Waals surface area contributed by atoms with E-state index < -0.39 is 11.1 Å². The second-order valence-corrected chi connectivity index (χ2v) is 6.02. The predicted molar refractivity (Wildman–Crippen MR) is 81.8 cm³/mol. The van der Waals surface area contributed by atoms with Crippen LogP contribution >= 0.6 is 0 Å². The van der Waals surface area contributed by atoms with Gasteiger partial charge in [-0.2, -0.15) is 0 Å². The lowest BCUT2D eigenvalue weighted by Gasteiger charge is -2.06. The third kappa shape index (κ3) is 6.88. The summed E-state index contributed by atoms with van der Waals surface area (Å²) in [5.74, 6) is 0. The Balaban J connectivity index is 2.17. The van der Waals surface area contributed by atoms with Crippen LogP contribution in [0.25, 0.3) is 0 Å². The first kappa shape index (κ1) is 16.4. The van der Waals surface area contributed by atoms with E-state index >= 15 is 0 Å². The van der Waals surface area contributed by atoms with E-state index in [9.17, 15) is 8.76 Å². The quantitative estimate of drug-likeness (QED) is 0.487. The highest BCUT2D eigenvalue weighted by molar-refractivity contribution is 7.79. The van der Waals surface area contributed by atoms with Crippen molar-refractivity contribution in [3.8, 4) is 0 Å². The van der Waals surface area contributed by atoms with Gasteiger partial charge in [0.05, 0.1) is 4.90 Å². The average molecular weight is 282 g/mol. The number of rotatable bonds is 10. The molecule has 2 nitrogen and oxygen atoms in total. The molecule has 0 bridgehead atoms. The Labute approximate surface area is 119 Å². The second-order valence-electron chi connectivity index (χ2n) is 5.08. The van der Waals surface area contributed by atoms with Crippen LogP contribution in [0.3, 0.4) is 0 Å². The Morgan fingerprint density at radius 3 is 2.16 bits per heavy atom. The Hall–Kier alpha value is -0.670. The van der Waals surface area contributed by atoms with Gasteiger partial charge in [0, 0.05) is 0 Å². The van der Waals surface area contributed by atoms with Crippen molar-refractivity contribution in [2.45, 2.75) is 69.6 Å². The highest BCUT2D eigenvalue weighted by Crippen LogP contribution is 2.16. The Morgan fingerprint density at radius 2 is 1.53 bits per heavy atom. The van der Waals surface area contributed by atoms with Gasteiger partial charge in [0.25, 0.3) is 0 Å². The van der Waals surface area contributed by atoms with Crippen LogP contribution in [0.1, 0.15) is 63.9 Å².